The lowest BCUT2D eigenvalue weighted by Gasteiger charge is -2.17. The minimum absolute atomic E-state index is 0.154. The number of hydrogen-bond acceptors (Lipinski definition) is 3. The third kappa shape index (κ3) is 3.67. The third-order valence-corrected chi connectivity index (χ3v) is 2.07. The van der Waals surface area contributed by atoms with E-state index in [4.69, 9.17) is 17.0 Å². The maximum atomic E-state index is 11.3. The summed E-state index contributed by atoms with van der Waals surface area (Å²) >= 11 is 4.85. The van der Waals surface area contributed by atoms with E-state index in [0.29, 0.717) is 6.61 Å². The van der Waals surface area contributed by atoms with Gasteiger partial charge in [-0.25, -0.2) is 0 Å². The number of rotatable bonds is 5. The summed E-state index contributed by atoms with van der Waals surface area (Å²) in [5, 5.41) is 0. The second kappa shape index (κ2) is 6.14. The lowest BCUT2D eigenvalue weighted by molar-refractivity contribution is -0.141. The first-order chi connectivity index (χ1) is 7.27. The van der Waals surface area contributed by atoms with E-state index in [1.165, 1.54) is 5.49 Å². The van der Waals surface area contributed by atoms with Gasteiger partial charge in [-0.2, -0.15) is 0 Å². The summed E-state index contributed by atoms with van der Waals surface area (Å²) in [6, 6.07) is 9.48. The molecule has 0 aliphatic carbocycles. The summed E-state index contributed by atoms with van der Waals surface area (Å²) in [6.45, 7) is 2.32. The molecule has 0 atom stereocenters. The van der Waals surface area contributed by atoms with Crippen LogP contribution in [-0.2, 0) is 9.53 Å². The second-order valence-electron chi connectivity index (χ2n) is 2.87. The minimum atomic E-state index is -0.276. The van der Waals surface area contributed by atoms with Crippen LogP contribution in [0.2, 0.25) is 0 Å². The Hall–Kier alpha value is -1.42. The Bertz CT molecular complexity index is 327. The Morgan fingerprint density at radius 1 is 1.47 bits per heavy atom. The fraction of sp³-hybridized carbons (Fsp3) is 0.273. The summed E-state index contributed by atoms with van der Waals surface area (Å²) in [4.78, 5) is 12.9. The number of benzene rings is 1. The molecule has 0 unspecified atom stereocenters. The Balaban J connectivity index is 2.65. The average molecular weight is 223 g/mol. The molecular weight excluding hydrogens is 210 g/mol. The van der Waals surface area contributed by atoms with Crippen molar-refractivity contribution in [1.29, 1.82) is 0 Å². The topological polar surface area (TPSA) is 29.5 Å². The Kier molecular flexibility index (Phi) is 4.77. The van der Waals surface area contributed by atoms with Crippen molar-refractivity contribution in [2.75, 3.05) is 18.1 Å². The van der Waals surface area contributed by atoms with Gasteiger partial charge in [0.15, 0.2) is 0 Å². The monoisotopic (exact) mass is 223 g/mol. The molecule has 0 bridgehead atoms. The van der Waals surface area contributed by atoms with Crippen LogP contribution in [0.4, 0.5) is 5.69 Å². The molecule has 0 heterocycles. The first kappa shape index (κ1) is 11.7. The molecule has 1 aromatic rings. The molecule has 0 aliphatic rings. The molecule has 0 N–H and O–H groups in total. The number of carbonyl (C=O) groups excluding carboxylic acids is 1. The highest BCUT2D eigenvalue weighted by Crippen LogP contribution is 2.11. The molecular formula is C11H13NO2S. The first-order valence-corrected chi connectivity index (χ1v) is 5.17. The van der Waals surface area contributed by atoms with Crippen LogP contribution in [0.5, 0.6) is 0 Å². The van der Waals surface area contributed by atoms with Crippen LogP contribution in [-0.4, -0.2) is 24.6 Å². The van der Waals surface area contributed by atoms with Crippen molar-refractivity contribution >= 4 is 29.4 Å². The molecule has 0 amide bonds. The minimum Gasteiger partial charge on any atom is -0.465 e. The maximum absolute atomic E-state index is 11.3. The van der Waals surface area contributed by atoms with Crippen molar-refractivity contribution in [2.45, 2.75) is 6.92 Å². The Morgan fingerprint density at radius 2 is 2.13 bits per heavy atom. The van der Waals surface area contributed by atoms with E-state index in [0.717, 1.165) is 5.69 Å². The van der Waals surface area contributed by atoms with E-state index in [2.05, 4.69) is 0 Å². The van der Waals surface area contributed by atoms with Gasteiger partial charge in [0.1, 0.15) is 6.54 Å². The normalized spacial score (nSPS) is 9.40. The largest absolute Gasteiger partial charge is 0.465 e. The molecule has 0 aromatic heterocycles. The van der Waals surface area contributed by atoms with Crippen LogP contribution in [0.1, 0.15) is 6.92 Å². The van der Waals surface area contributed by atoms with Gasteiger partial charge in [0, 0.05) is 5.69 Å². The van der Waals surface area contributed by atoms with Crippen LogP contribution >= 0.6 is 12.2 Å². The summed E-state index contributed by atoms with van der Waals surface area (Å²) in [5.41, 5.74) is 2.34. The SMILES string of the molecule is CCOC(=O)CN(C=S)c1ccccc1. The van der Waals surface area contributed by atoms with Crippen LogP contribution in [0.25, 0.3) is 0 Å². The van der Waals surface area contributed by atoms with Gasteiger partial charge >= 0.3 is 5.97 Å². The Labute approximate surface area is 94.6 Å². The number of thiocarbonyl (C=S) groups is 1. The molecule has 1 aromatic carbocycles. The van der Waals surface area contributed by atoms with Crippen LogP contribution < -0.4 is 4.90 Å². The number of para-hydroxylation sites is 1. The number of hydrogen-bond donors (Lipinski definition) is 0. The van der Waals surface area contributed by atoms with E-state index in [1.54, 1.807) is 11.8 Å². The zero-order chi connectivity index (χ0) is 11.1. The van der Waals surface area contributed by atoms with Crippen molar-refractivity contribution in [3.63, 3.8) is 0 Å². The number of carbonyl (C=O) groups is 1. The lowest BCUT2D eigenvalue weighted by Crippen LogP contribution is -2.28. The summed E-state index contributed by atoms with van der Waals surface area (Å²) in [5.74, 6) is -0.276. The lowest BCUT2D eigenvalue weighted by atomic mass is 10.3. The van der Waals surface area contributed by atoms with Crippen LogP contribution in [0.15, 0.2) is 30.3 Å². The number of esters is 1. The second-order valence-corrected chi connectivity index (χ2v) is 3.08. The van der Waals surface area contributed by atoms with Gasteiger partial charge in [-0.15, -0.1) is 0 Å². The highest BCUT2D eigenvalue weighted by Gasteiger charge is 2.09. The maximum Gasteiger partial charge on any atom is 0.325 e. The predicted octanol–water partition coefficient (Wildman–Crippen LogP) is 2.01. The molecule has 0 aliphatic heterocycles. The smallest absolute Gasteiger partial charge is 0.325 e. The molecule has 0 saturated heterocycles. The summed E-state index contributed by atoms with van der Waals surface area (Å²) in [7, 11) is 0. The van der Waals surface area contributed by atoms with Crippen molar-refractivity contribution in [1.82, 2.24) is 0 Å². The van der Waals surface area contributed by atoms with Crippen LogP contribution in [0.3, 0.4) is 0 Å². The van der Waals surface area contributed by atoms with E-state index in [1.807, 2.05) is 30.3 Å². The van der Waals surface area contributed by atoms with Crippen molar-refractivity contribution in [3.05, 3.63) is 30.3 Å². The zero-order valence-corrected chi connectivity index (χ0v) is 9.37. The van der Waals surface area contributed by atoms with Gasteiger partial charge in [0.05, 0.1) is 12.1 Å². The van der Waals surface area contributed by atoms with Gasteiger partial charge < -0.3 is 9.64 Å². The van der Waals surface area contributed by atoms with E-state index < -0.39 is 0 Å². The summed E-state index contributed by atoms with van der Waals surface area (Å²) < 4.78 is 4.85. The van der Waals surface area contributed by atoms with Crippen molar-refractivity contribution in [2.24, 2.45) is 0 Å². The van der Waals surface area contributed by atoms with E-state index >= 15 is 0 Å². The number of anilines is 1. The Morgan fingerprint density at radius 3 is 2.67 bits per heavy atom. The van der Waals surface area contributed by atoms with E-state index in [-0.39, 0.29) is 12.5 Å². The van der Waals surface area contributed by atoms with Gasteiger partial charge in [0.2, 0.25) is 0 Å². The van der Waals surface area contributed by atoms with Gasteiger partial charge in [-0.1, -0.05) is 30.4 Å². The van der Waals surface area contributed by atoms with Gasteiger partial charge in [-0.05, 0) is 19.1 Å². The standard InChI is InChI=1S/C11H13NO2S/c1-2-14-11(13)8-12(9-15)10-6-4-3-5-7-10/h3-7,9H,2,8H2,1H3. The quantitative estimate of drug-likeness (QED) is 0.564. The van der Waals surface area contributed by atoms with Crippen molar-refractivity contribution in [3.8, 4) is 0 Å². The van der Waals surface area contributed by atoms with Gasteiger partial charge in [-0.3, -0.25) is 4.79 Å². The molecule has 0 fully saturated rings. The zero-order valence-electron chi connectivity index (χ0n) is 8.55. The predicted molar refractivity (Wildman–Crippen MR) is 64.1 cm³/mol. The summed E-state index contributed by atoms with van der Waals surface area (Å²) in [6.07, 6.45) is 0. The average Bonchev–Trinajstić information content (AvgIpc) is 2.27. The fourth-order valence-corrected chi connectivity index (χ4v) is 1.35. The molecule has 0 spiro atoms. The molecule has 4 heteroatoms. The highest BCUT2D eigenvalue weighted by molar-refractivity contribution is 7.79. The van der Waals surface area contributed by atoms with Crippen molar-refractivity contribution < 1.29 is 9.53 Å². The number of ether oxygens (including phenoxy) is 1. The number of nitrogens with zero attached hydrogens (tertiary/aromatic N) is 1. The van der Waals surface area contributed by atoms with E-state index in [9.17, 15) is 4.79 Å². The fourth-order valence-electron chi connectivity index (χ4n) is 1.15. The molecule has 3 nitrogen and oxygen atoms in total. The third-order valence-electron chi connectivity index (χ3n) is 1.82. The molecule has 15 heavy (non-hydrogen) atoms. The molecule has 0 saturated carbocycles. The molecule has 0 radical (unpaired) electrons. The highest BCUT2D eigenvalue weighted by atomic mass is 32.1. The molecule has 80 valence electrons. The molecule has 1 rings (SSSR count). The van der Waals surface area contributed by atoms with Crippen LogP contribution in [0, 0.1) is 0 Å². The first-order valence-electron chi connectivity index (χ1n) is 4.70. The van der Waals surface area contributed by atoms with Gasteiger partial charge in [0.25, 0.3) is 0 Å².